The Balaban J connectivity index is 1.67. The number of Topliss-reactive ketones (excluding diaryl/α,β-unsaturated/α-hetero) is 1. The van der Waals surface area contributed by atoms with Gasteiger partial charge in [0, 0.05) is 11.8 Å². The summed E-state index contributed by atoms with van der Waals surface area (Å²) in [6.45, 7) is 1.82. The molecule has 5 heteroatoms. The van der Waals surface area contributed by atoms with Crippen molar-refractivity contribution in [3.8, 4) is 0 Å². The van der Waals surface area contributed by atoms with Crippen molar-refractivity contribution < 1.29 is 24.5 Å². The molecule has 1 heterocycles. The molecule has 4 rings (SSSR count). The molecule has 0 bridgehead atoms. The van der Waals surface area contributed by atoms with E-state index in [-0.39, 0.29) is 17.4 Å². The highest BCUT2D eigenvalue weighted by molar-refractivity contribution is 6.09. The zero-order valence-electron chi connectivity index (χ0n) is 16.9. The van der Waals surface area contributed by atoms with Crippen molar-refractivity contribution in [1.29, 1.82) is 0 Å². The van der Waals surface area contributed by atoms with Gasteiger partial charge in [0.25, 0.3) is 0 Å². The van der Waals surface area contributed by atoms with Gasteiger partial charge in [-0.1, -0.05) is 67.6 Å². The van der Waals surface area contributed by atoms with Crippen LogP contribution >= 0.6 is 0 Å². The number of benzene rings is 2. The molecule has 2 aromatic carbocycles. The van der Waals surface area contributed by atoms with Gasteiger partial charge in [-0.05, 0) is 36.3 Å². The van der Waals surface area contributed by atoms with E-state index in [9.17, 15) is 19.8 Å². The van der Waals surface area contributed by atoms with Gasteiger partial charge in [-0.15, -0.1) is 0 Å². The van der Waals surface area contributed by atoms with E-state index in [1.807, 2.05) is 43.3 Å². The molecule has 1 fully saturated rings. The third-order valence-corrected chi connectivity index (χ3v) is 6.17. The Bertz CT molecular complexity index is 946. The Hall–Kier alpha value is -2.92. The lowest BCUT2D eigenvalue weighted by molar-refractivity contribution is -0.161. The maximum absolute atomic E-state index is 13.1. The Kier molecular flexibility index (Phi) is 5.73. The summed E-state index contributed by atoms with van der Waals surface area (Å²) in [6, 6.07) is 18.4. The molecule has 2 aliphatic rings. The van der Waals surface area contributed by atoms with Crippen LogP contribution in [0, 0.1) is 11.8 Å². The summed E-state index contributed by atoms with van der Waals surface area (Å²) >= 11 is 0. The van der Waals surface area contributed by atoms with E-state index in [0.29, 0.717) is 12.0 Å². The Morgan fingerprint density at radius 2 is 1.53 bits per heavy atom. The molecule has 4 atom stereocenters. The maximum atomic E-state index is 13.1. The second-order valence-electron chi connectivity index (χ2n) is 8.11. The lowest BCUT2D eigenvalue weighted by Crippen LogP contribution is -2.43. The van der Waals surface area contributed by atoms with E-state index < -0.39 is 35.6 Å². The number of rotatable bonds is 7. The summed E-state index contributed by atoms with van der Waals surface area (Å²) < 4.78 is 5.59. The molecule has 0 saturated heterocycles. The van der Waals surface area contributed by atoms with Crippen LogP contribution in [0.2, 0.25) is 0 Å². The molecular weight excluding hydrogens is 380 g/mol. The lowest BCUT2D eigenvalue weighted by Gasteiger charge is -2.33. The van der Waals surface area contributed by atoms with Gasteiger partial charge in [0.2, 0.25) is 5.78 Å². The van der Waals surface area contributed by atoms with Crippen molar-refractivity contribution in [2.45, 2.75) is 44.3 Å². The van der Waals surface area contributed by atoms with Gasteiger partial charge in [0.1, 0.15) is 0 Å². The van der Waals surface area contributed by atoms with Crippen molar-refractivity contribution in [2.24, 2.45) is 11.8 Å². The maximum Gasteiger partial charge on any atom is 0.339 e. The minimum Gasteiger partial charge on any atom is -0.504 e. The lowest BCUT2D eigenvalue weighted by atomic mass is 9.80. The van der Waals surface area contributed by atoms with E-state index in [0.717, 1.165) is 18.4 Å². The molecule has 0 aromatic heterocycles. The number of ketones is 1. The van der Waals surface area contributed by atoms with Crippen LogP contribution < -0.4 is 0 Å². The largest absolute Gasteiger partial charge is 0.504 e. The second-order valence-corrected chi connectivity index (χ2v) is 8.11. The van der Waals surface area contributed by atoms with Gasteiger partial charge in [0.05, 0.1) is 11.7 Å². The van der Waals surface area contributed by atoms with E-state index in [2.05, 4.69) is 0 Å². The fraction of sp³-hybridized carbons (Fsp3) is 0.360. The van der Waals surface area contributed by atoms with Crippen molar-refractivity contribution in [2.75, 3.05) is 0 Å². The van der Waals surface area contributed by atoms with E-state index in [1.165, 1.54) is 0 Å². The number of ether oxygens (including phenoxy) is 1. The summed E-state index contributed by atoms with van der Waals surface area (Å²) in [7, 11) is 0. The Morgan fingerprint density at radius 1 is 0.967 bits per heavy atom. The van der Waals surface area contributed by atoms with Crippen LogP contribution in [0.5, 0.6) is 0 Å². The number of cyclic esters (lactones) is 1. The first-order chi connectivity index (χ1) is 14.5. The smallest absolute Gasteiger partial charge is 0.339 e. The molecule has 5 nitrogen and oxygen atoms in total. The Labute approximate surface area is 176 Å². The Morgan fingerprint density at radius 3 is 2.07 bits per heavy atom. The molecule has 2 N–H and O–H groups in total. The summed E-state index contributed by atoms with van der Waals surface area (Å²) in [6.07, 6.45) is 0.0854. The molecule has 30 heavy (non-hydrogen) atoms. The van der Waals surface area contributed by atoms with Gasteiger partial charge < -0.3 is 14.9 Å². The summed E-state index contributed by atoms with van der Waals surface area (Å²) in [5, 5.41) is 21.7. The van der Waals surface area contributed by atoms with Gasteiger partial charge in [-0.2, -0.15) is 0 Å². The average molecular weight is 406 g/mol. The number of hydrogen-bond acceptors (Lipinski definition) is 5. The van der Waals surface area contributed by atoms with Crippen LogP contribution in [-0.4, -0.2) is 28.1 Å². The van der Waals surface area contributed by atoms with Crippen LogP contribution in [0.1, 0.15) is 49.3 Å². The number of carbonyl (C=O) groups is 2. The van der Waals surface area contributed by atoms with Crippen molar-refractivity contribution >= 4 is 11.8 Å². The SMILES string of the molecule is CCC(C1OC(=O)C(C(c2ccccc2)C2CC2)=C(O)C1=O)C(O)c1ccccc1. The molecule has 0 radical (unpaired) electrons. The van der Waals surface area contributed by atoms with Crippen LogP contribution in [0.4, 0.5) is 0 Å². The van der Waals surface area contributed by atoms with Crippen molar-refractivity contribution in [3.05, 3.63) is 83.1 Å². The fourth-order valence-corrected chi connectivity index (χ4v) is 4.42. The first kappa shape index (κ1) is 20.4. The molecule has 4 unspecified atom stereocenters. The van der Waals surface area contributed by atoms with Crippen LogP contribution in [-0.2, 0) is 14.3 Å². The van der Waals surface area contributed by atoms with Crippen LogP contribution in [0.3, 0.4) is 0 Å². The minimum absolute atomic E-state index is 0.0500. The van der Waals surface area contributed by atoms with Crippen LogP contribution in [0.25, 0.3) is 0 Å². The molecular formula is C25H26O5. The van der Waals surface area contributed by atoms with E-state index in [1.54, 1.807) is 24.3 Å². The number of esters is 1. The zero-order valence-corrected chi connectivity index (χ0v) is 16.9. The summed E-state index contributed by atoms with van der Waals surface area (Å²) in [4.78, 5) is 26.1. The van der Waals surface area contributed by atoms with Gasteiger partial charge >= 0.3 is 5.97 Å². The number of aliphatic hydroxyl groups is 2. The predicted molar refractivity (Wildman–Crippen MR) is 112 cm³/mol. The first-order valence-corrected chi connectivity index (χ1v) is 10.5. The highest BCUT2D eigenvalue weighted by Gasteiger charge is 2.48. The van der Waals surface area contributed by atoms with Crippen molar-refractivity contribution in [3.63, 3.8) is 0 Å². The topological polar surface area (TPSA) is 83.8 Å². The summed E-state index contributed by atoms with van der Waals surface area (Å²) in [5.74, 6) is -2.62. The number of carbonyl (C=O) groups excluding carboxylic acids is 2. The van der Waals surface area contributed by atoms with Gasteiger partial charge in [-0.3, -0.25) is 4.79 Å². The molecule has 2 aromatic rings. The number of aliphatic hydroxyl groups excluding tert-OH is 2. The molecule has 0 amide bonds. The van der Waals surface area contributed by atoms with Crippen molar-refractivity contribution in [1.82, 2.24) is 0 Å². The molecule has 1 aliphatic carbocycles. The zero-order chi connectivity index (χ0) is 21.3. The second kappa shape index (κ2) is 8.44. The molecule has 1 aliphatic heterocycles. The molecule has 156 valence electrons. The summed E-state index contributed by atoms with van der Waals surface area (Å²) in [5.41, 5.74) is 1.58. The van der Waals surface area contributed by atoms with E-state index in [4.69, 9.17) is 4.74 Å². The average Bonchev–Trinajstić information content (AvgIpc) is 3.61. The normalized spacial score (nSPS) is 22.4. The third-order valence-electron chi connectivity index (χ3n) is 6.17. The number of hydrogen-bond donors (Lipinski definition) is 2. The fourth-order valence-electron chi connectivity index (χ4n) is 4.42. The van der Waals surface area contributed by atoms with E-state index >= 15 is 0 Å². The molecule has 0 spiro atoms. The first-order valence-electron chi connectivity index (χ1n) is 10.5. The van der Waals surface area contributed by atoms with Gasteiger partial charge in [0.15, 0.2) is 11.9 Å². The monoisotopic (exact) mass is 406 g/mol. The molecule has 1 saturated carbocycles. The quantitative estimate of drug-likeness (QED) is 0.672. The highest BCUT2D eigenvalue weighted by Crippen LogP contribution is 2.49. The minimum atomic E-state index is -1.21. The van der Waals surface area contributed by atoms with Crippen LogP contribution in [0.15, 0.2) is 72.0 Å². The third kappa shape index (κ3) is 3.77. The standard InChI is InChI=1S/C25H26O5/c1-2-18(21(26)17-11-7-4-8-12-17)24-23(28)22(27)20(25(29)30-24)19(16-13-14-16)15-9-5-3-6-10-15/h3-12,16,18-19,21,24,26-27H,2,13-14H2,1H3. The predicted octanol–water partition coefficient (Wildman–Crippen LogP) is 4.25. The highest BCUT2D eigenvalue weighted by atomic mass is 16.6. The van der Waals surface area contributed by atoms with Gasteiger partial charge in [-0.25, -0.2) is 4.79 Å².